The van der Waals surface area contributed by atoms with Crippen molar-refractivity contribution in [3.8, 4) is 11.3 Å². The van der Waals surface area contributed by atoms with Crippen LogP contribution in [0.2, 0.25) is 0 Å². The van der Waals surface area contributed by atoms with Crippen molar-refractivity contribution >= 4 is 32.7 Å². The molecule has 3 aromatic rings. The number of anilines is 1. The quantitative estimate of drug-likeness (QED) is 0.360. The predicted molar refractivity (Wildman–Crippen MR) is 137 cm³/mol. The maximum absolute atomic E-state index is 12.8. The summed E-state index contributed by atoms with van der Waals surface area (Å²) in [4.78, 5) is 4.91. The average molecular weight is 483 g/mol. The number of rotatable bonds is 6. The summed E-state index contributed by atoms with van der Waals surface area (Å²) < 4.78 is 27.2. The molecular weight excluding hydrogens is 452 g/mol. The molecule has 0 spiro atoms. The number of hydrazone groups is 1. The van der Waals surface area contributed by atoms with Crippen molar-refractivity contribution in [2.24, 2.45) is 5.10 Å². The first kappa shape index (κ1) is 23.6. The fourth-order valence-electron chi connectivity index (χ4n) is 3.74. The lowest BCUT2D eigenvalue weighted by Gasteiger charge is -2.25. The summed E-state index contributed by atoms with van der Waals surface area (Å²) in [5.41, 5.74) is 7.06. The Morgan fingerprint density at radius 1 is 1.00 bits per heavy atom. The minimum atomic E-state index is -3.42. The molecule has 8 heteroatoms. The van der Waals surface area contributed by atoms with Gasteiger partial charge in [-0.2, -0.15) is 9.41 Å². The molecule has 1 saturated heterocycles. The first-order chi connectivity index (χ1) is 15.7. The minimum absolute atomic E-state index is 0.126. The SMILES string of the molecule is CC(C)(C)c1ccc(C=NNc2nc(-c3ccc(S(=O)(=O)N4CCCCC4)cc3)cs2)cc1. The highest BCUT2D eigenvalue weighted by Crippen LogP contribution is 2.27. The van der Waals surface area contributed by atoms with Crippen molar-refractivity contribution in [1.29, 1.82) is 0 Å². The molecule has 1 N–H and O–H groups in total. The van der Waals surface area contributed by atoms with Crippen molar-refractivity contribution in [2.75, 3.05) is 18.5 Å². The van der Waals surface area contributed by atoms with Crippen molar-refractivity contribution in [3.05, 3.63) is 65.0 Å². The first-order valence-corrected chi connectivity index (χ1v) is 13.5. The van der Waals surface area contributed by atoms with E-state index in [0.29, 0.717) is 23.1 Å². The fourth-order valence-corrected chi connectivity index (χ4v) is 5.93. The standard InChI is InChI=1S/C25H30N4O2S2/c1-25(2,3)21-11-7-19(8-12-21)17-26-28-24-27-23(18-32-24)20-9-13-22(14-10-20)33(30,31)29-15-5-4-6-16-29/h7-14,17-18H,4-6,15-16H2,1-3H3,(H,27,28). The highest BCUT2D eigenvalue weighted by atomic mass is 32.2. The molecule has 0 atom stereocenters. The number of piperidine rings is 1. The van der Waals surface area contributed by atoms with Crippen LogP contribution in [0.3, 0.4) is 0 Å². The summed E-state index contributed by atoms with van der Waals surface area (Å²) in [7, 11) is -3.42. The van der Waals surface area contributed by atoms with E-state index in [0.717, 1.165) is 36.1 Å². The predicted octanol–water partition coefficient (Wildman–Crippen LogP) is 5.73. The van der Waals surface area contributed by atoms with E-state index in [2.05, 4.69) is 60.5 Å². The Morgan fingerprint density at radius 2 is 1.67 bits per heavy atom. The van der Waals surface area contributed by atoms with Gasteiger partial charge in [0.25, 0.3) is 0 Å². The van der Waals surface area contributed by atoms with E-state index in [1.165, 1.54) is 16.9 Å². The van der Waals surface area contributed by atoms with E-state index in [9.17, 15) is 8.42 Å². The van der Waals surface area contributed by atoms with Gasteiger partial charge in [0.2, 0.25) is 15.2 Å². The number of nitrogens with zero attached hydrogens (tertiary/aromatic N) is 3. The summed E-state index contributed by atoms with van der Waals surface area (Å²) in [5.74, 6) is 0. The van der Waals surface area contributed by atoms with Gasteiger partial charge in [0.1, 0.15) is 0 Å². The van der Waals surface area contributed by atoms with E-state index in [1.807, 2.05) is 17.5 Å². The fraction of sp³-hybridized carbons (Fsp3) is 0.360. The molecule has 1 aromatic heterocycles. The van der Waals surface area contributed by atoms with Crippen LogP contribution in [0.25, 0.3) is 11.3 Å². The van der Waals surface area contributed by atoms with Gasteiger partial charge in [-0.05, 0) is 41.5 Å². The molecule has 2 aromatic carbocycles. The summed E-state index contributed by atoms with van der Waals surface area (Å²) in [6.07, 6.45) is 4.72. The lowest BCUT2D eigenvalue weighted by atomic mass is 9.87. The van der Waals surface area contributed by atoms with E-state index in [1.54, 1.807) is 22.7 Å². The van der Waals surface area contributed by atoms with Gasteiger partial charge in [-0.25, -0.2) is 13.4 Å². The van der Waals surface area contributed by atoms with Crippen LogP contribution in [0.5, 0.6) is 0 Å². The zero-order valence-corrected chi connectivity index (χ0v) is 20.9. The molecule has 6 nitrogen and oxygen atoms in total. The van der Waals surface area contributed by atoms with Gasteiger partial charge in [-0.1, -0.05) is 63.6 Å². The number of benzene rings is 2. The van der Waals surface area contributed by atoms with Crippen LogP contribution < -0.4 is 5.43 Å². The third-order valence-electron chi connectivity index (χ3n) is 5.76. The Labute approximate surface area is 200 Å². The van der Waals surface area contributed by atoms with Crippen LogP contribution in [0.15, 0.2) is 63.9 Å². The van der Waals surface area contributed by atoms with Crippen LogP contribution in [-0.4, -0.2) is 37.0 Å². The van der Waals surface area contributed by atoms with Gasteiger partial charge >= 0.3 is 0 Å². The monoisotopic (exact) mass is 482 g/mol. The second-order valence-corrected chi connectivity index (χ2v) is 12.1. The largest absolute Gasteiger partial charge is 0.253 e. The van der Waals surface area contributed by atoms with Crippen LogP contribution in [-0.2, 0) is 15.4 Å². The highest BCUT2D eigenvalue weighted by Gasteiger charge is 2.25. The summed E-state index contributed by atoms with van der Waals surface area (Å²) in [5, 5.41) is 6.91. The lowest BCUT2D eigenvalue weighted by Crippen LogP contribution is -2.35. The third kappa shape index (κ3) is 5.69. The number of sulfonamides is 1. The van der Waals surface area contributed by atoms with Crippen molar-refractivity contribution in [3.63, 3.8) is 0 Å². The first-order valence-electron chi connectivity index (χ1n) is 11.2. The smallest absolute Gasteiger partial charge is 0.243 e. The van der Waals surface area contributed by atoms with Gasteiger partial charge < -0.3 is 0 Å². The molecule has 33 heavy (non-hydrogen) atoms. The number of hydrogen-bond acceptors (Lipinski definition) is 6. The number of aromatic nitrogens is 1. The Morgan fingerprint density at radius 3 is 2.30 bits per heavy atom. The van der Waals surface area contributed by atoms with Crippen molar-refractivity contribution in [2.45, 2.75) is 50.3 Å². The summed E-state index contributed by atoms with van der Waals surface area (Å²) >= 11 is 1.46. The maximum Gasteiger partial charge on any atom is 0.243 e. The molecule has 2 heterocycles. The van der Waals surface area contributed by atoms with Gasteiger partial charge in [0.05, 0.1) is 16.8 Å². The van der Waals surface area contributed by atoms with Crippen LogP contribution >= 0.6 is 11.3 Å². The minimum Gasteiger partial charge on any atom is -0.253 e. The average Bonchev–Trinajstić information content (AvgIpc) is 3.28. The van der Waals surface area contributed by atoms with Gasteiger partial charge in [0, 0.05) is 24.0 Å². The number of thiazole rings is 1. The maximum atomic E-state index is 12.8. The zero-order chi connectivity index (χ0) is 23.5. The molecule has 1 aliphatic heterocycles. The van der Waals surface area contributed by atoms with Gasteiger partial charge in [-0.3, -0.25) is 5.43 Å². The Balaban J connectivity index is 1.39. The molecule has 1 fully saturated rings. The molecule has 0 radical (unpaired) electrons. The zero-order valence-electron chi connectivity index (χ0n) is 19.3. The van der Waals surface area contributed by atoms with E-state index in [-0.39, 0.29) is 5.41 Å². The Kier molecular flexibility index (Phi) is 6.97. The molecule has 0 bridgehead atoms. The number of hydrogen-bond donors (Lipinski definition) is 1. The second-order valence-electron chi connectivity index (χ2n) is 9.27. The Hall–Kier alpha value is -2.55. The molecule has 0 unspecified atom stereocenters. The summed E-state index contributed by atoms with van der Waals surface area (Å²) in [6, 6.07) is 15.3. The van der Waals surface area contributed by atoms with Crippen LogP contribution in [0, 0.1) is 0 Å². The molecule has 0 saturated carbocycles. The van der Waals surface area contributed by atoms with Crippen LogP contribution in [0.4, 0.5) is 5.13 Å². The van der Waals surface area contributed by atoms with Crippen molar-refractivity contribution in [1.82, 2.24) is 9.29 Å². The van der Waals surface area contributed by atoms with E-state index >= 15 is 0 Å². The molecule has 174 valence electrons. The number of nitrogens with one attached hydrogen (secondary N) is 1. The molecular formula is C25H30N4O2S2. The van der Waals surface area contributed by atoms with Crippen molar-refractivity contribution < 1.29 is 8.42 Å². The lowest BCUT2D eigenvalue weighted by molar-refractivity contribution is 0.346. The molecule has 1 aliphatic rings. The Bertz CT molecular complexity index is 1200. The summed E-state index contributed by atoms with van der Waals surface area (Å²) in [6.45, 7) is 7.79. The normalized spacial score (nSPS) is 15.7. The molecule has 4 rings (SSSR count). The van der Waals surface area contributed by atoms with E-state index in [4.69, 9.17) is 0 Å². The van der Waals surface area contributed by atoms with Gasteiger partial charge in [-0.15, -0.1) is 11.3 Å². The molecule has 0 amide bonds. The second kappa shape index (κ2) is 9.75. The molecule has 0 aliphatic carbocycles. The highest BCUT2D eigenvalue weighted by molar-refractivity contribution is 7.89. The third-order valence-corrected chi connectivity index (χ3v) is 8.42. The van der Waals surface area contributed by atoms with E-state index < -0.39 is 10.0 Å². The topological polar surface area (TPSA) is 74.7 Å². The van der Waals surface area contributed by atoms with Gasteiger partial charge in [0.15, 0.2) is 0 Å². The van der Waals surface area contributed by atoms with Crippen LogP contribution in [0.1, 0.15) is 51.2 Å².